The second-order valence-electron chi connectivity index (χ2n) is 3.80. The van der Waals surface area contributed by atoms with E-state index in [0.717, 1.165) is 25.2 Å². The Balaban J connectivity index is 1.92. The molecule has 5 nitrogen and oxygen atoms in total. The lowest BCUT2D eigenvalue weighted by atomic mass is 10.3. The molecule has 0 aliphatic carbocycles. The number of hydrogen-bond donors (Lipinski definition) is 1. The molecular weight excluding hydrogens is 202 g/mol. The van der Waals surface area contributed by atoms with E-state index in [-0.39, 0.29) is 0 Å². The molecule has 86 valence electrons. The van der Waals surface area contributed by atoms with Crippen molar-refractivity contribution < 1.29 is 0 Å². The van der Waals surface area contributed by atoms with Gasteiger partial charge in [-0.1, -0.05) is 0 Å². The summed E-state index contributed by atoms with van der Waals surface area (Å²) in [5.74, 6) is 0. The Kier molecular flexibility index (Phi) is 3.36. The quantitative estimate of drug-likeness (QED) is 0.800. The van der Waals surface area contributed by atoms with Crippen LogP contribution in [0.2, 0.25) is 0 Å². The summed E-state index contributed by atoms with van der Waals surface area (Å²) in [5, 5.41) is 11.7. The molecular formula is C11H17N5. The average molecular weight is 219 g/mol. The molecule has 0 aromatic carbocycles. The van der Waals surface area contributed by atoms with Crippen LogP contribution in [0.4, 0.5) is 0 Å². The predicted molar refractivity (Wildman–Crippen MR) is 61.9 cm³/mol. The summed E-state index contributed by atoms with van der Waals surface area (Å²) in [6.07, 6.45) is 4.80. The third-order valence-corrected chi connectivity index (χ3v) is 2.57. The van der Waals surface area contributed by atoms with Crippen LogP contribution in [-0.4, -0.2) is 26.6 Å². The Morgan fingerprint density at radius 2 is 2.25 bits per heavy atom. The molecule has 2 aromatic heterocycles. The van der Waals surface area contributed by atoms with Crippen molar-refractivity contribution in [1.82, 2.24) is 24.9 Å². The number of aromatic nitrogens is 4. The number of hydrogen-bond acceptors (Lipinski definition) is 3. The second kappa shape index (κ2) is 4.94. The lowest BCUT2D eigenvalue weighted by Crippen LogP contribution is -2.09. The summed E-state index contributed by atoms with van der Waals surface area (Å²) in [6, 6.07) is 4.08. The zero-order valence-electron chi connectivity index (χ0n) is 9.72. The van der Waals surface area contributed by atoms with Crippen molar-refractivity contribution in [3.8, 4) is 0 Å². The molecule has 0 radical (unpaired) electrons. The van der Waals surface area contributed by atoms with E-state index < -0.39 is 0 Å². The van der Waals surface area contributed by atoms with E-state index in [4.69, 9.17) is 0 Å². The molecule has 0 aliphatic rings. The van der Waals surface area contributed by atoms with Crippen molar-refractivity contribution in [2.24, 2.45) is 7.05 Å². The molecule has 0 fully saturated rings. The summed E-state index contributed by atoms with van der Waals surface area (Å²) < 4.78 is 3.87. The Morgan fingerprint density at radius 1 is 1.38 bits per heavy atom. The standard InChI is InChI=1S/C11H17N5/c1-12-9-10-4-7-16(14-10)8-5-11-3-6-13-15(11)2/h3-4,6-7,12H,5,8-9H2,1-2H3. The summed E-state index contributed by atoms with van der Waals surface area (Å²) in [5.41, 5.74) is 2.30. The van der Waals surface area contributed by atoms with E-state index in [2.05, 4.69) is 15.5 Å². The van der Waals surface area contributed by atoms with E-state index in [0.29, 0.717) is 0 Å². The fourth-order valence-electron chi connectivity index (χ4n) is 1.68. The molecule has 0 bridgehead atoms. The number of nitrogens with one attached hydrogen (secondary N) is 1. The monoisotopic (exact) mass is 219 g/mol. The Morgan fingerprint density at radius 3 is 2.94 bits per heavy atom. The lowest BCUT2D eigenvalue weighted by molar-refractivity contribution is 0.576. The first-order valence-electron chi connectivity index (χ1n) is 5.43. The highest BCUT2D eigenvalue weighted by Crippen LogP contribution is 2.01. The van der Waals surface area contributed by atoms with Gasteiger partial charge >= 0.3 is 0 Å². The smallest absolute Gasteiger partial charge is 0.0762 e. The first-order valence-corrected chi connectivity index (χ1v) is 5.43. The molecule has 0 saturated heterocycles. The minimum atomic E-state index is 0.818. The molecule has 0 saturated carbocycles. The van der Waals surface area contributed by atoms with Gasteiger partial charge in [-0.2, -0.15) is 10.2 Å². The molecule has 2 rings (SSSR count). The summed E-state index contributed by atoms with van der Waals surface area (Å²) in [4.78, 5) is 0. The van der Waals surface area contributed by atoms with Crippen LogP contribution in [-0.2, 0) is 26.6 Å². The maximum atomic E-state index is 4.45. The molecule has 0 spiro atoms. The van der Waals surface area contributed by atoms with Gasteiger partial charge < -0.3 is 5.32 Å². The zero-order valence-corrected chi connectivity index (χ0v) is 9.72. The fourth-order valence-corrected chi connectivity index (χ4v) is 1.68. The minimum Gasteiger partial charge on any atom is -0.314 e. The van der Waals surface area contributed by atoms with E-state index in [9.17, 15) is 0 Å². The molecule has 0 atom stereocenters. The molecule has 0 aliphatic heterocycles. The number of rotatable bonds is 5. The van der Waals surface area contributed by atoms with E-state index in [1.165, 1.54) is 5.69 Å². The molecule has 0 amide bonds. The third-order valence-electron chi connectivity index (χ3n) is 2.57. The van der Waals surface area contributed by atoms with Crippen molar-refractivity contribution in [3.05, 3.63) is 35.9 Å². The van der Waals surface area contributed by atoms with Crippen LogP contribution in [0.1, 0.15) is 11.4 Å². The molecule has 16 heavy (non-hydrogen) atoms. The van der Waals surface area contributed by atoms with E-state index in [1.807, 2.05) is 48.0 Å². The van der Waals surface area contributed by atoms with Crippen molar-refractivity contribution >= 4 is 0 Å². The number of nitrogens with zero attached hydrogens (tertiary/aromatic N) is 4. The van der Waals surface area contributed by atoms with Gasteiger partial charge in [0, 0.05) is 44.6 Å². The van der Waals surface area contributed by atoms with Crippen molar-refractivity contribution in [2.45, 2.75) is 19.5 Å². The third kappa shape index (κ3) is 2.49. The van der Waals surface area contributed by atoms with E-state index >= 15 is 0 Å². The van der Waals surface area contributed by atoms with Crippen LogP contribution >= 0.6 is 0 Å². The Bertz CT molecular complexity index is 443. The Labute approximate surface area is 95.1 Å². The average Bonchev–Trinajstić information content (AvgIpc) is 2.86. The van der Waals surface area contributed by atoms with Crippen molar-refractivity contribution in [3.63, 3.8) is 0 Å². The SMILES string of the molecule is CNCc1ccn(CCc2ccnn2C)n1. The summed E-state index contributed by atoms with van der Waals surface area (Å²) >= 11 is 0. The normalized spacial score (nSPS) is 10.9. The predicted octanol–water partition coefficient (Wildman–Crippen LogP) is 0.579. The molecule has 2 heterocycles. The van der Waals surface area contributed by atoms with Gasteiger partial charge in [-0.05, 0) is 19.2 Å². The maximum absolute atomic E-state index is 4.45. The molecule has 0 unspecified atom stereocenters. The molecule has 1 N–H and O–H groups in total. The van der Waals surface area contributed by atoms with E-state index in [1.54, 1.807) is 0 Å². The van der Waals surface area contributed by atoms with Gasteiger partial charge in [0.05, 0.1) is 5.69 Å². The van der Waals surface area contributed by atoms with Gasteiger partial charge in [0.15, 0.2) is 0 Å². The van der Waals surface area contributed by atoms with Gasteiger partial charge in [-0.3, -0.25) is 9.36 Å². The van der Waals surface area contributed by atoms with Crippen LogP contribution in [0.15, 0.2) is 24.5 Å². The van der Waals surface area contributed by atoms with Crippen LogP contribution in [0, 0.1) is 0 Å². The largest absolute Gasteiger partial charge is 0.314 e. The fraction of sp³-hybridized carbons (Fsp3) is 0.455. The van der Waals surface area contributed by atoms with Crippen LogP contribution in [0.25, 0.3) is 0 Å². The highest BCUT2D eigenvalue weighted by Gasteiger charge is 2.01. The summed E-state index contributed by atoms with van der Waals surface area (Å²) in [7, 11) is 3.89. The summed E-state index contributed by atoms with van der Waals surface area (Å²) in [6.45, 7) is 1.71. The highest BCUT2D eigenvalue weighted by molar-refractivity contribution is 5.01. The number of aryl methyl sites for hydroxylation is 3. The Hall–Kier alpha value is -1.62. The van der Waals surface area contributed by atoms with Gasteiger partial charge in [0.25, 0.3) is 0 Å². The van der Waals surface area contributed by atoms with Gasteiger partial charge in [0.1, 0.15) is 0 Å². The highest BCUT2D eigenvalue weighted by atomic mass is 15.3. The van der Waals surface area contributed by atoms with Crippen molar-refractivity contribution in [1.29, 1.82) is 0 Å². The zero-order chi connectivity index (χ0) is 11.4. The molecule has 2 aromatic rings. The molecule has 5 heteroatoms. The van der Waals surface area contributed by atoms with Gasteiger partial charge in [-0.15, -0.1) is 0 Å². The minimum absolute atomic E-state index is 0.818. The van der Waals surface area contributed by atoms with Crippen LogP contribution in [0.3, 0.4) is 0 Å². The van der Waals surface area contributed by atoms with Crippen LogP contribution in [0.5, 0.6) is 0 Å². The second-order valence-corrected chi connectivity index (χ2v) is 3.80. The van der Waals surface area contributed by atoms with Crippen LogP contribution < -0.4 is 5.32 Å². The lowest BCUT2D eigenvalue weighted by Gasteiger charge is -2.02. The maximum Gasteiger partial charge on any atom is 0.0762 e. The van der Waals surface area contributed by atoms with Gasteiger partial charge in [-0.25, -0.2) is 0 Å². The topological polar surface area (TPSA) is 47.7 Å². The van der Waals surface area contributed by atoms with Gasteiger partial charge in [0.2, 0.25) is 0 Å². The van der Waals surface area contributed by atoms with Crippen molar-refractivity contribution in [2.75, 3.05) is 7.05 Å². The first kappa shape index (κ1) is 10.9. The first-order chi connectivity index (χ1) is 7.79.